The fraction of sp³-hybridized carbons (Fsp3) is 0.667. The molecule has 1 aliphatic heterocycles. The molecule has 14 heavy (non-hydrogen) atoms. The van der Waals surface area contributed by atoms with Crippen molar-refractivity contribution in [1.29, 1.82) is 0 Å². The molecule has 80 valence electrons. The highest BCUT2D eigenvalue weighted by Crippen LogP contribution is 2.02. The highest BCUT2D eigenvalue weighted by Gasteiger charge is 2.09. The topological polar surface area (TPSA) is 46.6 Å². The van der Waals surface area contributed by atoms with E-state index in [9.17, 15) is 9.00 Å². The summed E-state index contributed by atoms with van der Waals surface area (Å²) in [6.45, 7) is 1.61. The standard InChI is InChI=1S/C9H15NO3S/c1-13-9(11)3-5-10-4-2-7-14(12)8-6-10/h3,5H,2,4,6-8H2,1H3/b5-3+. The Hall–Kier alpha value is -0.840. The third-order valence-corrected chi connectivity index (χ3v) is 3.43. The summed E-state index contributed by atoms with van der Waals surface area (Å²) >= 11 is 0. The van der Waals surface area contributed by atoms with Crippen molar-refractivity contribution >= 4 is 16.8 Å². The first-order valence-corrected chi connectivity index (χ1v) is 6.06. The Bertz CT molecular complexity index is 252. The van der Waals surface area contributed by atoms with Crippen LogP contribution in [0.2, 0.25) is 0 Å². The molecule has 5 heteroatoms. The molecule has 0 aromatic carbocycles. The van der Waals surface area contributed by atoms with Crippen LogP contribution in [0, 0.1) is 0 Å². The first-order valence-electron chi connectivity index (χ1n) is 4.57. The van der Waals surface area contributed by atoms with Crippen molar-refractivity contribution in [3.05, 3.63) is 12.3 Å². The third-order valence-electron chi connectivity index (χ3n) is 2.05. The molecule has 1 saturated heterocycles. The molecule has 1 aliphatic rings. The maximum Gasteiger partial charge on any atom is 0.331 e. The van der Waals surface area contributed by atoms with Crippen molar-refractivity contribution in [2.75, 3.05) is 31.7 Å². The van der Waals surface area contributed by atoms with Gasteiger partial charge in [0, 0.05) is 47.7 Å². The van der Waals surface area contributed by atoms with Gasteiger partial charge < -0.3 is 9.64 Å². The number of nitrogens with zero attached hydrogens (tertiary/aromatic N) is 1. The number of methoxy groups -OCH3 is 1. The highest BCUT2D eigenvalue weighted by molar-refractivity contribution is 7.85. The van der Waals surface area contributed by atoms with E-state index in [0.717, 1.165) is 25.3 Å². The van der Waals surface area contributed by atoms with Gasteiger partial charge in [0.2, 0.25) is 0 Å². The fourth-order valence-corrected chi connectivity index (χ4v) is 2.34. The number of hydrogen-bond acceptors (Lipinski definition) is 4. The summed E-state index contributed by atoms with van der Waals surface area (Å²) in [7, 11) is 0.665. The molecule has 1 fully saturated rings. The van der Waals surface area contributed by atoms with E-state index in [1.54, 1.807) is 6.20 Å². The van der Waals surface area contributed by atoms with Gasteiger partial charge in [0.15, 0.2) is 0 Å². The molecule has 0 radical (unpaired) electrons. The quantitative estimate of drug-likeness (QED) is 0.487. The predicted octanol–water partition coefficient (Wildman–Crippen LogP) is 0.127. The van der Waals surface area contributed by atoms with E-state index in [4.69, 9.17) is 0 Å². The SMILES string of the molecule is COC(=O)/C=C/N1CCCS(=O)CC1. The van der Waals surface area contributed by atoms with Gasteiger partial charge in [0.05, 0.1) is 7.11 Å². The maximum absolute atomic E-state index is 11.2. The number of rotatable bonds is 2. The van der Waals surface area contributed by atoms with E-state index < -0.39 is 10.8 Å². The first kappa shape index (κ1) is 11.2. The van der Waals surface area contributed by atoms with Crippen LogP contribution in [-0.2, 0) is 20.3 Å². The van der Waals surface area contributed by atoms with Crippen molar-refractivity contribution in [2.24, 2.45) is 0 Å². The summed E-state index contributed by atoms with van der Waals surface area (Å²) in [6.07, 6.45) is 4.03. The molecule has 0 spiro atoms. The van der Waals surface area contributed by atoms with Crippen LogP contribution in [0.15, 0.2) is 12.3 Å². The van der Waals surface area contributed by atoms with Crippen molar-refractivity contribution in [3.8, 4) is 0 Å². The number of esters is 1. The Morgan fingerprint density at radius 1 is 1.43 bits per heavy atom. The lowest BCUT2D eigenvalue weighted by molar-refractivity contribution is -0.134. The van der Waals surface area contributed by atoms with E-state index in [-0.39, 0.29) is 5.97 Å². The highest BCUT2D eigenvalue weighted by atomic mass is 32.2. The van der Waals surface area contributed by atoms with Gasteiger partial charge in [-0.05, 0) is 6.42 Å². The van der Waals surface area contributed by atoms with E-state index >= 15 is 0 Å². The Morgan fingerprint density at radius 3 is 2.93 bits per heavy atom. The van der Waals surface area contributed by atoms with Gasteiger partial charge >= 0.3 is 5.97 Å². The van der Waals surface area contributed by atoms with Crippen LogP contribution in [0.5, 0.6) is 0 Å². The minimum Gasteiger partial charge on any atom is -0.466 e. The van der Waals surface area contributed by atoms with Crippen molar-refractivity contribution in [1.82, 2.24) is 4.90 Å². The lowest BCUT2D eigenvalue weighted by Crippen LogP contribution is -2.20. The Balaban J connectivity index is 2.40. The molecule has 1 atom stereocenters. The third kappa shape index (κ3) is 3.91. The molecule has 1 rings (SSSR count). The van der Waals surface area contributed by atoms with Crippen LogP contribution in [0.3, 0.4) is 0 Å². The molecule has 4 nitrogen and oxygen atoms in total. The fourth-order valence-electron chi connectivity index (χ4n) is 1.24. The normalized spacial score (nSPS) is 23.5. The predicted molar refractivity (Wildman–Crippen MR) is 55.2 cm³/mol. The lowest BCUT2D eigenvalue weighted by atomic mass is 10.4. The molecule has 0 N–H and O–H groups in total. The van der Waals surface area contributed by atoms with Gasteiger partial charge in [-0.1, -0.05) is 0 Å². The molecule has 0 amide bonds. The number of carbonyl (C=O) groups is 1. The summed E-state index contributed by atoms with van der Waals surface area (Å²) in [5.41, 5.74) is 0. The Labute approximate surface area is 86.4 Å². The number of carbonyl (C=O) groups excluding carboxylic acids is 1. The van der Waals surface area contributed by atoms with Gasteiger partial charge in [-0.3, -0.25) is 4.21 Å². The molecule has 0 saturated carbocycles. The molecule has 1 unspecified atom stereocenters. The van der Waals surface area contributed by atoms with Crippen molar-refractivity contribution < 1.29 is 13.7 Å². The van der Waals surface area contributed by atoms with Gasteiger partial charge in [0.25, 0.3) is 0 Å². The zero-order valence-electron chi connectivity index (χ0n) is 8.27. The molecule has 0 bridgehead atoms. The second-order valence-corrected chi connectivity index (χ2v) is 4.77. The molecular weight excluding hydrogens is 202 g/mol. The minimum atomic E-state index is -0.686. The summed E-state index contributed by atoms with van der Waals surface area (Å²) in [4.78, 5) is 12.8. The Morgan fingerprint density at radius 2 is 2.21 bits per heavy atom. The van der Waals surface area contributed by atoms with Crippen molar-refractivity contribution in [2.45, 2.75) is 6.42 Å². The molecular formula is C9H15NO3S. The molecule has 1 heterocycles. The van der Waals surface area contributed by atoms with Crippen LogP contribution in [0.25, 0.3) is 0 Å². The summed E-state index contributed by atoms with van der Waals surface area (Å²) in [5.74, 6) is 1.10. The zero-order valence-corrected chi connectivity index (χ0v) is 9.09. The van der Waals surface area contributed by atoms with Gasteiger partial charge in [0.1, 0.15) is 0 Å². The van der Waals surface area contributed by atoms with Crippen LogP contribution in [0.4, 0.5) is 0 Å². The molecule has 0 aromatic rings. The molecule has 0 aromatic heterocycles. The lowest BCUT2D eigenvalue weighted by Gasteiger charge is -2.15. The van der Waals surface area contributed by atoms with E-state index in [1.807, 2.05) is 4.90 Å². The Kier molecular flexibility index (Phi) is 4.65. The van der Waals surface area contributed by atoms with E-state index in [1.165, 1.54) is 13.2 Å². The minimum absolute atomic E-state index is 0.352. The van der Waals surface area contributed by atoms with Crippen LogP contribution in [0.1, 0.15) is 6.42 Å². The van der Waals surface area contributed by atoms with Gasteiger partial charge in [-0.15, -0.1) is 0 Å². The first-order chi connectivity index (χ1) is 6.72. The van der Waals surface area contributed by atoms with E-state index in [2.05, 4.69) is 4.74 Å². The van der Waals surface area contributed by atoms with E-state index in [0.29, 0.717) is 5.75 Å². The monoisotopic (exact) mass is 217 g/mol. The van der Waals surface area contributed by atoms with Crippen LogP contribution >= 0.6 is 0 Å². The number of ether oxygens (including phenoxy) is 1. The van der Waals surface area contributed by atoms with Crippen LogP contribution in [-0.4, -0.2) is 46.8 Å². The second kappa shape index (κ2) is 5.80. The maximum atomic E-state index is 11.2. The van der Waals surface area contributed by atoms with Crippen LogP contribution < -0.4 is 0 Å². The second-order valence-electron chi connectivity index (χ2n) is 3.08. The van der Waals surface area contributed by atoms with Gasteiger partial charge in [-0.2, -0.15) is 0 Å². The average molecular weight is 217 g/mol. The smallest absolute Gasteiger partial charge is 0.331 e. The summed E-state index contributed by atoms with van der Waals surface area (Å²) in [6, 6.07) is 0. The number of hydrogen-bond donors (Lipinski definition) is 0. The molecule has 0 aliphatic carbocycles. The summed E-state index contributed by atoms with van der Waals surface area (Å²) in [5, 5.41) is 0. The largest absolute Gasteiger partial charge is 0.466 e. The van der Waals surface area contributed by atoms with Crippen molar-refractivity contribution in [3.63, 3.8) is 0 Å². The summed E-state index contributed by atoms with van der Waals surface area (Å²) < 4.78 is 15.7. The van der Waals surface area contributed by atoms with Gasteiger partial charge in [-0.25, -0.2) is 4.79 Å². The average Bonchev–Trinajstić information content (AvgIpc) is 2.39. The zero-order chi connectivity index (χ0) is 10.4.